The topological polar surface area (TPSA) is 36.0 Å². The fourth-order valence-electron chi connectivity index (χ4n) is 3.87. The maximum atomic E-state index is 11.3. The molecule has 2 heteroatoms. The number of aryl methyl sites for hydroxylation is 2. The Kier molecular flexibility index (Phi) is 4.36. The lowest BCUT2D eigenvalue weighted by atomic mass is 9.82. The minimum absolute atomic E-state index is 0.130. The SMILES string of the molecule is Cc1ccc2[nH]c(C)c([C@H](c3ccccc3)[C@H](O)c3ccccc3)c2c1. The van der Waals surface area contributed by atoms with Crippen LogP contribution in [0.1, 0.15) is 40.0 Å². The Morgan fingerprint density at radius 1 is 0.769 bits per heavy atom. The second-order valence-electron chi connectivity index (χ2n) is 6.96. The predicted octanol–water partition coefficient (Wildman–Crippen LogP) is 5.65. The molecule has 0 aliphatic heterocycles. The molecule has 0 amide bonds. The Labute approximate surface area is 154 Å². The van der Waals surface area contributed by atoms with E-state index in [2.05, 4.69) is 49.2 Å². The molecule has 4 aromatic rings. The van der Waals surface area contributed by atoms with Crippen LogP contribution in [0.15, 0.2) is 78.9 Å². The third-order valence-corrected chi connectivity index (χ3v) is 5.12. The number of fused-ring (bicyclic) bond motifs is 1. The number of aromatic nitrogens is 1. The first-order chi connectivity index (χ1) is 12.6. The fourth-order valence-corrected chi connectivity index (χ4v) is 3.87. The molecular weight excluding hydrogens is 318 g/mol. The second-order valence-corrected chi connectivity index (χ2v) is 6.96. The number of benzene rings is 3. The summed E-state index contributed by atoms with van der Waals surface area (Å²) in [6.45, 7) is 4.20. The molecule has 0 saturated carbocycles. The van der Waals surface area contributed by atoms with Crippen LogP contribution in [0.5, 0.6) is 0 Å². The Hall–Kier alpha value is -2.84. The van der Waals surface area contributed by atoms with Crippen molar-refractivity contribution < 1.29 is 5.11 Å². The van der Waals surface area contributed by atoms with Gasteiger partial charge in [0.1, 0.15) is 0 Å². The van der Waals surface area contributed by atoms with Crippen molar-refractivity contribution in [3.63, 3.8) is 0 Å². The molecule has 4 rings (SSSR count). The number of aliphatic hydroxyl groups excluding tert-OH is 1. The maximum Gasteiger partial charge on any atom is 0.0900 e. The highest BCUT2D eigenvalue weighted by molar-refractivity contribution is 5.86. The van der Waals surface area contributed by atoms with Gasteiger partial charge < -0.3 is 10.1 Å². The molecule has 2 atom stereocenters. The predicted molar refractivity (Wildman–Crippen MR) is 107 cm³/mol. The van der Waals surface area contributed by atoms with Crippen LogP contribution in [0.2, 0.25) is 0 Å². The number of H-pyrrole nitrogens is 1. The summed E-state index contributed by atoms with van der Waals surface area (Å²) >= 11 is 0. The second kappa shape index (κ2) is 6.81. The molecule has 0 radical (unpaired) electrons. The molecule has 0 fully saturated rings. The largest absolute Gasteiger partial charge is 0.387 e. The molecule has 3 aromatic carbocycles. The van der Waals surface area contributed by atoms with E-state index < -0.39 is 6.10 Å². The van der Waals surface area contributed by atoms with Crippen LogP contribution in [0.4, 0.5) is 0 Å². The molecular formula is C24H23NO. The number of hydrogen-bond acceptors (Lipinski definition) is 1. The average Bonchev–Trinajstić information content (AvgIpc) is 2.99. The molecule has 0 spiro atoms. The van der Waals surface area contributed by atoms with Crippen molar-refractivity contribution in [3.8, 4) is 0 Å². The number of nitrogens with one attached hydrogen (secondary N) is 1. The van der Waals surface area contributed by atoms with Gasteiger partial charge in [-0.1, -0.05) is 72.3 Å². The Morgan fingerprint density at radius 3 is 2.04 bits per heavy atom. The Morgan fingerprint density at radius 2 is 1.38 bits per heavy atom. The molecule has 2 nitrogen and oxygen atoms in total. The summed E-state index contributed by atoms with van der Waals surface area (Å²) in [7, 11) is 0. The van der Waals surface area contributed by atoms with E-state index in [1.54, 1.807) is 0 Å². The summed E-state index contributed by atoms with van der Waals surface area (Å²) in [6.07, 6.45) is -0.614. The van der Waals surface area contributed by atoms with Crippen molar-refractivity contribution in [2.24, 2.45) is 0 Å². The molecule has 0 unspecified atom stereocenters. The number of aliphatic hydroxyl groups is 1. The van der Waals surface area contributed by atoms with E-state index in [4.69, 9.17) is 0 Å². The van der Waals surface area contributed by atoms with Gasteiger partial charge in [-0.05, 0) is 42.7 Å². The van der Waals surface area contributed by atoms with Crippen LogP contribution < -0.4 is 0 Å². The number of rotatable bonds is 4. The first-order valence-electron chi connectivity index (χ1n) is 9.02. The van der Waals surface area contributed by atoms with Gasteiger partial charge in [0, 0.05) is 22.5 Å². The highest BCUT2D eigenvalue weighted by atomic mass is 16.3. The van der Waals surface area contributed by atoms with E-state index >= 15 is 0 Å². The zero-order valence-corrected chi connectivity index (χ0v) is 15.1. The quantitative estimate of drug-likeness (QED) is 0.494. The van der Waals surface area contributed by atoms with E-state index in [0.717, 1.165) is 22.3 Å². The van der Waals surface area contributed by atoms with Gasteiger partial charge in [0.25, 0.3) is 0 Å². The first-order valence-corrected chi connectivity index (χ1v) is 9.02. The van der Waals surface area contributed by atoms with E-state index in [1.807, 2.05) is 48.5 Å². The summed E-state index contributed by atoms with van der Waals surface area (Å²) in [6, 6.07) is 26.7. The van der Waals surface area contributed by atoms with Gasteiger partial charge in [0.15, 0.2) is 0 Å². The molecule has 1 heterocycles. The Balaban J connectivity index is 1.95. The van der Waals surface area contributed by atoms with Crippen molar-refractivity contribution in [2.45, 2.75) is 25.9 Å². The van der Waals surface area contributed by atoms with E-state index in [9.17, 15) is 5.11 Å². The van der Waals surface area contributed by atoms with Crippen molar-refractivity contribution in [1.29, 1.82) is 0 Å². The van der Waals surface area contributed by atoms with Gasteiger partial charge >= 0.3 is 0 Å². The third kappa shape index (κ3) is 2.93. The highest BCUT2D eigenvalue weighted by Gasteiger charge is 2.28. The maximum absolute atomic E-state index is 11.3. The molecule has 2 N–H and O–H groups in total. The normalized spacial score (nSPS) is 13.7. The highest BCUT2D eigenvalue weighted by Crippen LogP contribution is 2.41. The summed E-state index contributed by atoms with van der Waals surface area (Å²) in [5.41, 5.74) is 6.67. The smallest absolute Gasteiger partial charge is 0.0900 e. The van der Waals surface area contributed by atoms with E-state index in [0.29, 0.717) is 0 Å². The fraction of sp³-hybridized carbons (Fsp3) is 0.167. The van der Waals surface area contributed by atoms with Gasteiger partial charge in [-0.15, -0.1) is 0 Å². The van der Waals surface area contributed by atoms with Crippen molar-refractivity contribution in [3.05, 3.63) is 107 Å². The summed E-state index contributed by atoms with van der Waals surface area (Å²) in [5, 5.41) is 12.5. The van der Waals surface area contributed by atoms with Gasteiger partial charge in [0.05, 0.1) is 6.10 Å². The van der Waals surface area contributed by atoms with Crippen molar-refractivity contribution in [2.75, 3.05) is 0 Å². The monoisotopic (exact) mass is 341 g/mol. The van der Waals surface area contributed by atoms with Gasteiger partial charge in [-0.25, -0.2) is 0 Å². The van der Waals surface area contributed by atoms with E-state index in [-0.39, 0.29) is 5.92 Å². The summed E-state index contributed by atoms with van der Waals surface area (Å²) in [5.74, 6) is -0.130. The van der Waals surface area contributed by atoms with Crippen LogP contribution in [0.25, 0.3) is 10.9 Å². The minimum atomic E-state index is -0.614. The van der Waals surface area contributed by atoms with Gasteiger partial charge in [-0.3, -0.25) is 0 Å². The van der Waals surface area contributed by atoms with Crippen LogP contribution in [0, 0.1) is 13.8 Å². The van der Waals surface area contributed by atoms with Crippen molar-refractivity contribution in [1.82, 2.24) is 4.98 Å². The van der Waals surface area contributed by atoms with Crippen molar-refractivity contribution >= 4 is 10.9 Å². The van der Waals surface area contributed by atoms with Gasteiger partial charge in [-0.2, -0.15) is 0 Å². The average molecular weight is 341 g/mol. The van der Waals surface area contributed by atoms with Gasteiger partial charge in [0.2, 0.25) is 0 Å². The van der Waals surface area contributed by atoms with Crippen LogP contribution in [0.3, 0.4) is 0 Å². The molecule has 130 valence electrons. The minimum Gasteiger partial charge on any atom is -0.387 e. The van der Waals surface area contributed by atoms with Crippen LogP contribution in [-0.4, -0.2) is 10.1 Å². The van der Waals surface area contributed by atoms with E-state index in [1.165, 1.54) is 16.5 Å². The van der Waals surface area contributed by atoms with Crippen LogP contribution >= 0.6 is 0 Å². The lowest BCUT2D eigenvalue weighted by Gasteiger charge is -2.25. The Bertz CT molecular complexity index is 1020. The summed E-state index contributed by atoms with van der Waals surface area (Å²) in [4.78, 5) is 3.50. The zero-order chi connectivity index (χ0) is 18.1. The lowest BCUT2D eigenvalue weighted by Crippen LogP contribution is -2.13. The first kappa shape index (κ1) is 16.6. The lowest BCUT2D eigenvalue weighted by molar-refractivity contribution is 0.159. The standard InChI is InChI=1S/C24H23NO/c1-16-13-14-21-20(15-16)22(17(2)25-21)23(18-9-5-3-6-10-18)24(26)19-11-7-4-8-12-19/h3-15,23-26H,1-2H3/t23-,24+/m0/s1. The summed E-state index contributed by atoms with van der Waals surface area (Å²) < 4.78 is 0. The molecule has 0 aliphatic carbocycles. The third-order valence-electron chi connectivity index (χ3n) is 5.12. The molecule has 1 aromatic heterocycles. The molecule has 0 saturated heterocycles. The molecule has 0 aliphatic rings. The van der Waals surface area contributed by atoms with Crippen LogP contribution in [-0.2, 0) is 0 Å². The number of aromatic amines is 1. The number of hydrogen-bond donors (Lipinski definition) is 2. The molecule has 26 heavy (non-hydrogen) atoms. The molecule has 0 bridgehead atoms. The zero-order valence-electron chi connectivity index (χ0n) is 15.1.